The molecule has 3 nitrogen and oxygen atoms in total. The van der Waals surface area contributed by atoms with Gasteiger partial charge in [0.25, 0.3) is 0 Å². The van der Waals surface area contributed by atoms with Crippen LogP contribution in [0.2, 0.25) is 5.02 Å². The van der Waals surface area contributed by atoms with Crippen LogP contribution in [0.25, 0.3) is 0 Å². The summed E-state index contributed by atoms with van der Waals surface area (Å²) in [6.07, 6.45) is 0. The first-order chi connectivity index (χ1) is 10.0. The molecule has 0 radical (unpaired) electrons. The van der Waals surface area contributed by atoms with E-state index in [0.717, 1.165) is 10.0 Å². The molecular formula is C15H14BrClFNO2. The minimum atomic E-state index is -0.470. The van der Waals surface area contributed by atoms with E-state index in [1.807, 2.05) is 12.1 Å². The standard InChI is InChI=1S/C15H14BrClFNO2/c1-20-14-6-10(7-19)4-11(16)15(14)21-8-9-2-3-12(17)13(18)5-9/h2-6H,7-8,19H2,1H3. The van der Waals surface area contributed by atoms with Crippen LogP contribution in [-0.2, 0) is 13.2 Å². The first kappa shape index (κ1) is 16.1. The maximum atomic E-state index is 13.4. The number of halogens is 3. The van der Waals surface area contributed by atoms with Crippen molar-refractivity contribution in [1.82, 2.24) is 0 Å². The Bertz CT molecular complexity index is 652. The monoisotopic (exact) mass is 373 g/mol. The molecule has 0 saturated heterocycles. The van der Waals surface area contributed by atoms with Crippen LogP contribution in [0.15, 0.2) is 34.8 Å². The molecular weight excluding hydrogens is 361 g/mol. The largest absolute Gasteiger partial charge is 0.493 e. The second kappa shape index (κ2) is 7.11. The van der Waals surface area contributed by atoms with Crippen molar-refractivity contribution >= 4 is 27.5 Å². The molecule has 0 aliphatic rings. The molecule has 0 spiro atoms. The Labute approximate surface area is 135 Å². The van der Waals surface area contributed by atoms with Gasteiger partial charge in [0, 0.05) is 6.54 Å². The second-order valence-electron chi connectivity index (χ2n) is 4.35. The molecule has 21 heavy (non-hydrogen) atoms. The van der Waals surface area contributed by atoms with Gasteiger partial charge in [-0.1, -0.05) is 17.7 Å². The zero-order valence-corrected chi connectivity index (χ0v) is 13.7. The molecule has 0 bridgehead atoms. The normalized spacial score (nSPS) is 10.5. The van der Waals surface area contributed by atoms with Gasteiger partial charge in [-0.15, -0.1) is 0 Å². The third kappa shape index (κ3) is 3.87. The number of nitrogens with two attached hydrogens (primary N) is 1. The van der Waals surface area contributed by atoms with Gasteiger partial charge in [0.05, 0.1) is 16.6 Å². The Morgan fingerprint density at radius 1 is 1.24 bits per heavy atom. The fraction of sp³-hybridized carbons (Fsp3) is 0.200. The maximum absolute atomic E-state index is 13.4. The number of benzene rings is 2. The minimum absolute atomic E-state index is 0.0878. The molecule has 0 aliphatic carbocycles. The highest BCUT2D eigenvalue weighted by Gasteiger charge is 2.12. The molecule has 112 valence electrons. The average molecular weight is 375 g/mol. The zero-order chi connectivity index (χ0) is 15.4. The SMILES string of the molecule is COc1cc(CN)cc(Br)c1OCc1ccc(Cl)c(F)c1. The van der Waals surface area contributed by atoms with Crippen LogP contribution in [0.5, 0.6) is 11.5 Å². The van der Waals surface area contributed by atoms with E-state index in [1.54, 1.807) is 13.2 Å². The predicted molar refractivity (Wildman–Crippen MR) is 84.3 cm³/mol. The van der Waals surface area contributed by atoms with Crippen molar-refractivity contribution in [1.29, 1.82) is 0 Å². The summed E-state index contributed by atoms with van der Waals surface area (Å²) >= 11 is 9.07. The third-order valence-electron chi connectivity index (χ3n) is 2.89. The summed E-state index contributed by atoms with van der Waals surface area (Å²) in [6, 6.07) is 8.22. The Morgan fingerprint density at radius 2 is 2.00 bits per heavy atom. The summed E-state index contributed by atoms with van der Waals surface area (Å²) in [5, 5.41) is 0.0878. The molecule has 0 unspecified atom stereocenters. The zero-order valence-electron chi connectivity index (χ0n) is 11.3. The Kier molecular flexibility index (Phi) is 5.45. The first-order valence-corrected chi connectivity index (χ1v) is 7.35. The fourth-order valence-corrected chi connectivity index (χ4v) is 2.54. The Hall–Kier alpha value is -1.30. The van der Waals surface area contributed by atoms with Gasteiger partial charge >= 0.3 is 0 Å². The van der Waals surface area contributed by atoms with Gasteiger partial charge in [-0.3, -0.25) is 0 Å². The van der Waals surface area contributed by atoms with Crippen LogP contribution in [0, 0.1) is 5.82 Å². The van der Waals surface area contributed by atoms with E-state index in [-0.39, 0.29) is 11.6 Å². The van der Waals surface area contributed by atoms with Gasteiger partial charge in [-0.2, -0.15) is 0 Å². The van der Waals surface area contributed by atoms with Crippen molar-refractivity contribution in [2.24, 2.45) is 5.73 Å². The third-order valence-corrected chi connectivity index (χ3v) is 3.79. The van der Waals surface area contributed by atoms with E-state index in [1.165, 1.54) is 12.1 Å². The van der Waals surface area contributed by atoms with Crippen molar-refractivity contribution in [2.45, 2.75) is 13.2 Å². The Morgan fingerprint density at radius 3 is 2.62 bits per heavy atom. The van der Waals surface area contributed by atoms with E-state index in [0.29, 0.717) is 23.6 Å². The summed E-state index contributed by atoms with van der Waals surface area (Å²) in [4.78, 5) is 0. The van der Waals surface area contributed by atoms with Gasteiger partial charge in [-0.05, 0) is 51.3 Å². The highest BCUT2D eigenvalue weighted by molar-refractivity contribution is 9.10. The van der Waals surface area contributed by atoms with Crippen LogP contribution >= 0.6 is 27.5 Å². The van der Waals surface area contributed by atoms with E-state index in [2.05, 4.69) is 15.9 Å². The minimum Gasteiger partial charge on any atom is -0.493 e. The smallest absolute Gasteiger partial charge is 0.175 e. The van der Waals surface area contributed by atoms with E-state index >= 15 is 0 Å². The molecule has 2 N–H and O–H groups in total. The molecule has 0 heterocycles. The lowest BCUT2D eigenvalue weighted by Gasteiger charge is -2.14. The molecule has 2 rings (SSSR count). The van der Waals surface area contributed by atoms with E-state index < -0.39 is 5.82 Å². The topological polar surface area (TPSA) is 44.5 Å². The second-order valence-corrected chi connectivity index (χ2v) is 5.61. The van der Waals surface area contributed by atoms with E-state index in [4.69, 9.17) is 26.8 Å². The molecule has 6 heteroatoms. The highest BCUT2D eigenvalue weighted by atomic mass is 79.9. The maximum Gasteiger partial charge on any atom is 0.175 e. The number of hydrogen-bond acceptors (Lipinski definition) is 3. The highest BCUT2D eigenvalue weighted by Crippen LogP contribution is 2.37. The average Bonchev–Trinajstić information content (AvgIpc) is 2.48. The van der Waals surface area contributed by atoms with Gasteiger partial charge in [0.2, 0.25) is 0 Å². The first-order valence-electron chi connectivity index (χ1n) is 6.18. The molecule has 0 fully saturated rings. The van der Waals surface area contributed by atoms with Crippen LogP contribution in [0.1, 0.15) is 11.1 Å². The Balaban J connectivity index is 2.21. The molecule has 0 atom stereocenters. The summed E-state index contributed by atoms with van der Waals surface area (Å²) in [5.41, 5.74) is 7.21. The number of ether oxygens (including phenoxy) is 2. The van der Waals surface area contributed by atoms with Crippen molar-refractivity contribution in [3.63, 3.8) is 0 Å². The van der Waals surface area contributed by atoms with Gasteiger partial charge in [-0.25, -0.2) is 4.39 Å². The quantitative estimate of drug-likeness (QED) is 0.849. The van der Waals surface area contributed by atoms with E-state index in [9.17, 15) is 4.39 Å². The molecule has 0 aliphatic heterocycles. The number of hydrogen-bond donors (Lipinski definition) is 1. The molecule has 0 aromatic heterocycles. The van der Waals surface area contributed by atoms with Crippen LogP contribution in [0.3, 0.4) is 0 Å². The predicted octanol–water partition coefficient (Wildman–Crippen LogP) is 4.29. The van der Waals surface area contributed by atoms with Crippen LogP contribution < -0.4 is 15.2 Å². The molecule has 0 saturated carbocycles. The lowest BCUT2D eigenvalue weighted by atomic mass is 10.2. The summed E-state index contributed by atoms with van der Waals surface area (Å²) in [7, 11) is 1.55. The molecule has 2 aromatic carbocycles. The molecule has 2 aromatic rings. The summed E-state index contributed by atoms with van der Waals surface area (Å²) in [6.45, 7) is 0.600. The van der Waals surface area contributed by atoms with Crippen molar-refractivity contribution in [3.8, 4) is 11.5 Å². The van der Waals surface area contributed by atoms with Crippen LogP contribution in [-0.4, -0.2) is 7.11 Å². The van der Waals surface area contributed by atoms with Gasteiger partial charge in [0.15, 0.2) is 11.5 Å². The van der Waals surface area contributed by atoms with Crippen molar-refractivity contribution in [3.05, 3.63) is 56.8 Å². The number of methoxy groups -OCH3 is 1. The fourth-order valence-electron chi connectivity index (χ4n) is 1.82. The summed E-state index contributed by atoms with van der Waals surface area (Å²) in [5.74, 6) is 0.645. The van der Waals surface area contributed by atoms with Crippen LogP contribution in [0.4, 0.5) is 4.39 Å². The van der Waals surface area contributed by atoms with Gasteiger partial charge in [0.1, 0.15) is 12.4 Å². The van der Waals surface area contributed by atoms with Crippen molar-refractivity contribution < 1.29 is 13.9 Å². The summed E-state index contributed by atoms with van der Waals surface area (Å²) < 4.78 is 25.1. The lowest BCUT2D eigenvalue weighted by molar-refractivity contribution is 0.282. The van der Waals surface area contributed by atoms with Gasteiger partial charge < -0.3 is 15.2 Å². The lowest BCUT2D eigenvalue weighted by Crippen LogP contribution is -2.02. The molecule has 0 amide bonds. The van der Waals surface area contributed by atoms with Crippen molar-refractivity contribution in [2.75, 3.05) is 7.11 Å². The number of rotatable bonds is 5.